The Hall–Kier alpha value is -2.21. The number of nitrogens with zero attached hydrogens (tertiary/aromatic N) is 4. The van der Waals surface area contributed by atoms with Crippen LogP contribution in [0.4, 0.5) is 4.39 Å². The van der Waals surface area contributed by atoms with Crippen LogP contribution < -0.4 is 0 Å². The van der Waals surface area contributed by atoms with Crippen LogP contribution in [0.25, 0.3) is 0 Å². The molecule has 0 N–H and O–H groups in total. The average molecular weight is 344 g/mol. The number of carbonyl (C=O) groups is 1. The van der Waals surface area contributed by atoms with Gasteiger partial charge in [0.2, 0.25) is 5.91 Å². The Morgan fingerprint density at radius 1 is 1.32 bits per heavy atom. The molecule has 1 fully saturated rings. The SMILES string of the molecule is Cc1cc(C)n(C2CN(CC(=O)N(C)[C@@H](C)c3ccc(F)cc3)C2)n1. The molecule has 0 radical (unpaired) electrons. The van der Waals surface area contributed by atoms with Crippen LogP contribution in [-0.4, -0.2) is 52.2 Å². The highest BCUT2D eigenvalue weighted by Gasteiger charge is 2.32. The van der Waals surface area contributed by atoms with Crippen molar-refractivity contribution in [3.8, 4) is 0 Å². The third kappa shape index (κ3) is 3.74. The minimum atomic E-state index is -0.263. The fourth-order valence-electron chi connectivity index (χ4n) is 3.33. The molecular weight excluding hydrogens is 319 g/mol. The Kier molecular flexibility index (Phi) is 4.90. The van der Waals surface area contributed by atoms with E-state index >= 15 is 0 Å². The zero-order valence-corrected chi connectivity index (χ0v) is 15.2. The standard InChI is InChI=1S/C19H25FN4O/c1-13-9-14(2)24(21-13)18-10-23(11-18)12-19(25)22(4)15(3)16-5-7-17(20)8-6-16/h5-9,15,18H,10-12H2,1-4H3/t15-/m0/s1. The van der Waals surface area contributed by atoms with Crippen LogP contribution in [0.3, 0.4) is 0 Å². The first kappa shape index (κ1) is 17.6. The van der Waals surface area contributed by atoms with Gasteiger partial charge < -0.3 is 4.90 Å². The molecular formula is C19H25FN4O. The van der Waals surface area contributed by atoms with Gasteiger partial charge in [-0.1, -0.05) is 12.1 Å². The Morgan fingerprint density at radius 2 is 1.96 bits per heavy atom. The molecule has 1 saturated heterocycles. The number of hydrogen-bond donors (Lipinski definition) is 0. The molecule has 0 spiro atoms. The summed E-state index contributed by atoms with van der Waals surface area (Å²) >= 11 is 0. The second kappa shape index (κ2) is 6.96. The molecule has 0 unspecified atom stereocenters. The lowest BCUT2D eigenvalue weighted by molar-refractivity contribution is -0.134. The highest BCUT2D eigenvalue weighted by molar-refractivity contribution is 5.78. The Labute approximate surface area is 148 Å². The molecule has 0 saturated carbocycles. The molecule has 6 heteroatoms. The second-order valence-electron chi connectivity index (χ2n) is 6.95. The van der Waals surface area contributed by atoms with Crippen molar-refractivity contribution in [1.29, 1.82) is 0 Å². The molecule has 1 atom stereocenters. The molecule has 1 aromatic carbocycles. The van der Waals surface area contributed by atoms with E-state index in [1.807, 2.05) is 13.8 Å². The van der Waals surface area contributed by atoms with Gasteiger partial charge in [-0.25, -0.2) is 4.39 Å². The summed E-state index contributed by atoms with van der Waals surface area (Å²) in [5.41, 5.74) is 3.12. The molecule has 2 heterocycles. The number of benzene rings is 1. The number of amides is 1. The zero-order chi connectivity index (χ0) is 18.1. The lowest BCUT2D eigenvalue weighted by atomic mass is 10.1. The van der Waals surface area contributed by atoms with Crippen molar-refractivity contribution in [2.45, 2.75) is 32.9 Å². The number of likely N-dealkylation sites (N-methyl/N-ethyl adjacent to an activating group) is 1. The van der Waals surface area contributed by atoms with Gasteiger partial charge in [0.1, 0.15) is 5.82 Å². The van der Waals surface area contributed by atoms with Crippen molar-refractivity contribution in [1.82, 2.24) is 19.6 Å². The number of aromatic nitrogens is 2. The zero-order valence-electron chi connectivity index (χ0n) is 15.2. The van der Waals surface area contributed by atoms with E-state index in [-0.39, 0.29) is 17.8 Å². The van der Waals surface area contributed by atoms with Gasteiger partial charge in [0.05, 0.1) is 24.3 Å². The summed E-state index contributed by atoms with van der Waals surface area (Å²) in [6, 6.07) is 8.66. The van der Waals surface area contributed by atoms with Crippen LogP contribution in [0.15, 0.2) is 30.3 Å². The summed E-state index contributed by atoms with van der Waals surface area (Å²) in [5, 5.41) is 4.52. The molecule has 1 aliphatic rings. The molecule has 2 aromatic rings. The summed E-state index contributed by atoms with van der Waals surface area (Å²) in [5.74, 6) is -0.190. The van der Waals surface area contributed by atoms with Crippen LogP contribution in [-0.2, 0) is 4.79 Å². The third-order valence-electron chi connectivity index (χ3n) is 5.01. The quantitative estimate of drug-likeness (QED) is 0.837. The van der Waals surface area contributed by atoms with Gasteiger partial charge in [-0.2, -0.15) is 5.10 Å². The number of likely N-dealkylation sites (tertiary alicyclic amines) is 1. The molecule has 25 heavy (non-hydrogen) atoms. The van der Waals surface area contributed by atoms with Crippen LogP contribution >= 0.6 is 0 Å². The van der Waals surface area contributed by atoms with Crippen LogP contribution in [0.5, 0.6) is 0 Å². The van der Waals surface area contributed by atoms with Gasteiger partial charge in [0.15, 0.2) is 0 Å². The highest BCUT2D eigenvalue weighted by atomic mass is 19.1. The van der Waals surface area contributed by atoms with Gasteiger partial charge in [0.25, 0.3) is 0 Å². The van der Waals surface area contributed by atoms with Crippen molar-refractivity contribution >= 4 is 5.91 Å². The van der Waals surface area contributed by atoms with E-state index in [1.165, 1.54) is 12.1 Å². The molecule has 0 aliphatic carbocycles. The lowest BCUT2D eigenvalue weighted by Gasteiger charge is -2.40. The summed E-state index contributed by atoms with van der Waals surface area (Å²) in [6.07, 6.45) is 0. The van der Waals surface area contributed by atoms with Crippen LogP contribution in [0.1, 0.15) is 36.0 Å². The fraction of sp³-hybridized carbons (Fsp3) is 0.474. The predicted molar refractivity (Wildman–Crippen MR) is 94.8 cm³/mol. The number of rotatable bonds is 5. The van der Waals surface area contributed by atoms with Crippen molar-refractivity contribution in [3.05, 3.63) is 53.1 Å². The largest absolute Gasteiger partial charge is 0.338 e. The summed E-state index contributed by atoms with van der Waals surface area (Å²) in [6.45, 7) is 8.10. The maximum Gasteiger partial charge on any atom is 0.236 e. The van der Waals surface area contributed by atoms with E-state index in [2.05, 4.69) is 27.7 Å². The van der Waals surface area contributed by atoms with Gasteiger partial charge >= 0.3 is 0 Å². The number of carbonyl (C=O) groups excluding carboxylic acids is 1. The number of hydrogen-bond acceptors (Lipinski definition) is 3. The first-order chi connectivity index (χ1) is 11.8. The normalized spacial score (nSPS) is 16.5. The minimum Gasteiger partial charge on any atom is -0.338 e. The van der Waals surface area contributed by atoms with Crippen LogP contribution in [0, 0.1) is 19.7 Å². The first-order valence-electron chi connectivity index (χ1n) is 8.61. The van der Waals surface area contributed by atoms with E-state index in [0.717, 1.165) is 30.0 Å². The third-order valence-corrected chi connectivity index (χ3v) is 5.01. The Morgan fingerprint density at radius 3 is 2.52 bits per heavy atom. The van der Waals surface area contributed by atoms with Crippen molar-refractivity contribution < 1.29 is 9.18 Å². The first-order valence-corrected chi connectivity index (χ1v) is 8.61. The minimum absolute atomic E-state index is 0.0728. The van der Waals surface area contributed by atoms with E-state index in [9.17, 15) is 9.18 Å². The van der Waals surface area contributed by atoms with Crippen LogP contribution in [0.2, 0.25) is 0 Å². The van der Waals surface area contributed by atoms with E-state index in [1.54, 1.807) is 24.1 Å². The Bertz CT molecular complexity index is 749. The monoisotopic (exact) mass is 344 g/mol. The van der Waals surface area contributed by atoms with Gasteiger partial charge in [0, 0.05) is 25.8 Å². The second-order valence-corrected chi connectivity index (χ2v) is 6.95. The lowest BCUT2D eigenvalue weighted by Crippen LogP contribution is -2.52. The molecule has 0 bridgehead atoms. The molecule has 1 aliphatic heterocycles. The highest BCUT2D eigenvalue weighted by Crippen LogP contribution is 2.24. The van der Waals surface area contributed by atoms with E-state index in [0.29, 0.717) is 12.6 Å². The summed E-state index contributed by atoms with van der Waals surface area (Å²) < 4.78 is 15.1. The predicted octanol–water partition coefficient (Wildman–Crippen LogP) is 2.72. The summed E-state index contributed by atoms with van der Waals surface area (Å²) in [7, 11) is 1.80. The van der Waals surface area contributed by atoms with Crippen molar-refractivity contribution in [2.75, 3.05) is 26.7 Å². The Balaban J connectivity index is 1.53. The fourth-order valence-corrected chi connectivity index (χ4v) is 3.33. The maximum absolute atomic E-state index is 13.0. The molecule has 1 aromatic heterocycles. The topological polar surface area (TPSA) is 41.4 Å². The number of halogens is 1. The molecule has 3 rings (SSSR count). The van der Waals surface area contributed by atoms with E-state index < -0.39 is 0 Å². The van der Waals surface area contributed by atoms with E-state index in [4.69, 9.17) is 0 Å². The van der Waals surface area contributed by atoms with Crippen molar-refractivity contribution in [2.24, 2.45) is 0 Å². The molecule has 5 nitrogen and oxygen atoms in total. The van der Waals surface area contributed by atoms with Gasteiger partial charge in [-0.3, -0.25) is 14.4 Å². The summed E-state index contributed by atoms with van der Waals surface area (Å²) in [4.78, 5) is 16.4. The maximum atomic E-state index is 13.0. The average Bonchev–Trinajstić information content (AvgIpc) is 2.87. The smallest absolute Gasteiger partial charge is 0.236 e. The van der Waals surface area contributed by atoms with Gasteiger partial charge in [-0.05, 0) is 44.5 Å². The molecule has 1 amide bonds. The van der Waals surface area contributed by atoms with Crippen molar-refractivity contribution in [3.63, 3.8) is 0 Å². The van der Waals surface area contributed by atoms with Gasteiger partial charge in [-0.15, -0.1) is 0 Å². The molecule has 134 valence electrons. The number of aryl methyl sites for hydroxylation is 2.